The van der Waals surface area contributed by atoms with Crippen molar-refractivity contribution in [3.05, 3.63) is 34.9 Å². The number of nitrogens with one attached hydrogen (secondary N) is 1. The maximum Gasteiger partial charge on any atom is 0.227 e. The zero-order valence-corrected chi connectivity index (χ0v) is 11.9. The molecule has 0 aliphatic carbocycles. The summed E-state index contributed by atoms with van der Waals surface area (Å²) in [6, 6.07) is 8.68. The van der Waals surface area contributed by atoms with Gasteiger partial charge in [-0.3, -0.25) is 4.79 Å². The molecule has 0 saturated carbocycles. The molecule has 2 aliphatic heterocycles. The lowest BCUT2D eigenvalue weighted by atomic mass is 9.88. The van der Waals surface area contributed by atoms with Crippen LogP contribution in [0.2, 0.25) is 5.02 Å². The number of nitrogens with zero attached hydrogens (tertiary/aromatic N) is 1. The van der Waals surface area contributed by atoms with Crippen molar-refractivity contribution in [1.82, 2.24) is 10.2 Å². The minimum Gasteiger partial charge on any atom is -0.341 e. The molecule has 3 atom stereocenters. The average Bonchev–Trinajstić information content (AvgIpc) is 3.00. The first kappa shape index (κ1) is 12.9. The van der Waals surface area contributed by atoms with Crippen molar-refractivity contribution in [3.63, 3.8) is 0 Å². The maximum atomic E-state index is 12.5. The van der Waals surface area contributed by atoms with Gasteiger partial charge in [0.1, 0.15) is 0 Å². The molecular formula is C15H19ClN2O. The molecule has 0 radical (unpaired) electrons. The number of hydrogen-bond donors (Lipinski definition) is 1. The van der Waals surface area contributed by atoms with Crippen molar-refractivity contribution in [2.45, 2.75) is 37.9 Å². The van der Waals surface area contributed by atoms with E-state index < -0.39 is 0 Å². The Kier molecular flexibility index (Phi) is 3.50. The number of hydrogen-bond acceptors (Lipinski definition) is 2. The lowest BCUT2D eigenvalue weighted by Crippen LogP contribution is -2.38. The van der Waals surface area contributed by atoms with Crippen molar-refractivity contribution in [1.29, 1.82) is 0 Å². The fourth-order valence-corrected chi connectivity index (χ4v) is 3.58. The van der Waals surface area contributed by atoms with E-state index in [0.717, 1.165) is 23.4 Å². The van der Waals surface area contributed by atoms with Crippen LogP contribution in [0.15, 0.2) is 24.3 Å². The maximum absolute atomic E-state index is 12.5. The molecule has 0 spiro atoms. The molecule has 2 saturated heterocycles. The summed E-state index contributed by atoms with van der Waals surface area (Å²) in [5.74, 6) is 0.433. The van der Waals surface area contributed by atoms with Gasteiger partial charge in [0, 0.05) is 30.7 Å². The first-order chi connectivity index (χ1) is 9.13. The molecular weight excluding hydrogens is 260 g/mol. The highest BCUT2D eigenvalue weighted by Gasteiger charge is 2.43. The molecule has 2 heterocycles. The Labute approximate surface area is 118 Å². The second kappa shape index (κ2) is 5.14. The van der Waals surface area contributed by atoms with Crippen molar-refractivity contribution < 1.29 is 4.79 Å². The highest BCUT2D eigenvalue weighted by molar-refractivity contribution is 6.30. The second-order valence-corrected chi connectivity index (χ2v) is 6.15. The van der Waals surface area contributed by atoms with Crippen LogP contribution in [0.4, 0.5) is 0 Å². The first-order valence-corrected chi connectivity index (χ1v) is 7.27. The molecule has 1 N–H and O–H groups in total. The summed E-state index contributed by atoms with van der Waals surface area (Å²) in [6.45, 7) is 0.632. The van der Waals surface area contributed by atoms with Gasteiger partial charge in [-0.25, -0.2) is 0 Å². The molecule has 2 aliphatic rings. The van der Waals surface area contributed by atoms with E-state index in [4.69, 9.17) is 11.6 Å². The fourth-order valence-electron chi connectivity index (χ4n) is 3.37. The second-order valence-electron chi connectivity index (χ2n) is 5.71. The third-order valence-corrected chi connectivity index (χ3v) is 4.54. The zero-order chi connectivity index (χ0) is 13.4. The molecule has 2 bridgehead atoms. The Morgan fingerprint density at radius 2 is 2.32 bits per heavy atom. The third kappa shape index (κ3) is 2.63. The summed E-state index contributed by atoms with van der Waals surface area (Å²) in [5.41, 5.74) is 1.08. The summed E-state index contributed by atoms with van der Waals surface area (Å²) < 4.78 is 0. The van der Waals surface area contributed by atoms with Crippen LogP contribution in [0.25, 0.3) is 0 Å². The van der Waals surface area contributed by atoms with Gasteiger partial charge in [-0.05, 0) is 37.0 Å². The van der Waals surface area contributed by atoms with E-state index in [1.807, 2.05) is 36.2 Å². The molecule has 1 amide bonds. The van der Waals surface area contributed by atoms with Crippen molar-refractivity contribution >= 4 is 17.5 Å². The van der Waals surface area contributed by atoms with Crippen molar-refractivity contribution in [2.75, 3.05) is 7.05 Å². The molecule has 1 aromatic carbocycles. The summed E-state index contributed by atoms with van der Waals surface area (Å²) in [6.07, 6.45) is 3.38. The lowest BCUT2D eigenvalue weighted by molar-refractivity contribution is -0.135. The smallest absolute Gasteiger partial charge is 0.227 e. The highest BCUT2D eigenvalue weighted by Crippen LogP contribution is 2.34. The highest BCUT2D eigenvalue weighted by atomic mass is 35.5. The van der Waals surface area contributed by atoms with Gasteiger partial charge in [0.05, 0.1) is 5.92 Å². The van der Waals surface area contributed by atoms with Crippen molar-refractivity contribution in [3.8, 4) is 0 Å². The quantitative estimate of drug-likeness (QED) is 0.921. The van der Waals surface area contributed by atoms with Gasteiger partial charge in [-0.2, -0.15) is 0 Å². The molecule has 3 nitrogen and oxygen atoms in total. The standard InChI is InChI=1S/C15H19ClN2O/c1-18(9-10-3-2-4-11(16)7-10)15(19)13-8-12-5-6-14(13)17-12/h2-4,7,12-14,17H,5-6,8-9H2,1H3. The van der Waals surface area contributed by atoms with Crippen LogP contribution in [-0.2, 0) is 11.3 Å². The third-order valence-electron chi connectivity index (χ3n) is 4.30. The minimum absolute atomic E-state index is 0.169. The predicted octanol–water partition coefficient (Wildman–Crippen LogP) is 2.44. The molecule has 4 heteroatoms. The van der Waals surface area contributed by atoms with Crippen LogP contribution < -0.4 is 5.32 Å². The molecule has 0 aromatic heterocycles. The number of carbonyl (C=O) groups is 1. The topological polar surface area (TPSA) is 32.3 Å². The summed E-state index contributed by atoms with van der Waals surface area (Å²) in [4.78, 5) is 14.3. The van der Waals surface area contributed by atoms with Crippen LogP contribution >= 0.6 is 11.6 Å². The molecule has 19 heavy (non-hydrogen) atoms. The number of halogens is 1. The largest absolute Gasteiger partial charge is 0.341 e. The first-order valence-electron chi connectivity index (χ1n) is 6.89. The van der Waals surface area contributed by atoms with Gasteiger partial charge in [0.15, 0.2) is 0 Å². The van der Waals surface area contributed by atoms with E-state index in [0.29, 0.717) is 18.6 Å². The Bertz CT molecular complexity index is 491. The van der Waals surface area contributed by atoms with E-state index in [9.17, 15) is 4.79 Å². The van der Waals surface area contributed by atoms with E-state index in [1.165, 1.54) is 6.42 Å². The zero-order valence-electron chi connectivity index (χ0n) is 11.1. The summed E-state index contributed by atoms with van der Waals surface area (Å²) in [7, 11) is 1.88. The van der Waals surface area contributed by atoms with E-state index in [-0.39, 0.29) is 11.8 Å². The SMILES string of the molecule is CN(Cc1cccc(Cl)c1)C(=O)C1CC2CCC1N2. The normalized spacial score (nSPS) is 28.6. The molecule has 102 valence electrons. The van der Waals surface area contributed by atoms with Gasteiger partial charge in [0.25, 0.3) is 0 Å². The van der Waals surface area contributed by atoms with Gasteiger partial charge in [0.2, 0.25) is 5.91 Å². The summed E-state index contributed by atoms with van der Waals surface area (Å²) >= 11 is 5.97. The van der Waals surface area contributed by atoms with Crippen molar-refractivity contribution in [2.24, 2.45) is 5.92 Å². The van der Waals surface area contributed by atoms with Crippen LogP contribution in [0, 0.1) is 5.92 Å². The number of carbonyl (C=O) groups excluding carboxylic acids is 1. The van der Waals surface area contributed by atoms with Gasteiger partial charge in [-0.15, -0.1) is 0 Å². The van der Waals surface area contributed by atoms with E-state index in [2.05, 4.69) is 5.32 Å². The Balaban J connectivity index is 1.64. The van der Waals surface area contributed by atoms with Crippen LogP contribution in [-0.4, -0.2) is 29.9 Å². The van der Waals surface area contributed by atoms with Crippen LogP contribution in [0.5, 0.6) is 0 Å². The van der Waals surface area contributed by atoms with Crippen LogP contribution in [0.3, 0.4) is 0 Å². The minimum atomic E-state index is 0.169. The molecule has 3 rings (SSSR count). The van der Waals surface area contributed by atoms with Gasteiger partial charge >= 0.3 is 0 Å². The van der Waals surface area contributed by atoms with E-state index in [1.54, 1.807) is 0 Å². The Hall–Kier alpha value is -1.06. The molecule has 3 unspecified atom stereocenters. The lowest BCUT2D eigenvalue weighted by Gasteiger charge is -2.25. The van der Waals surface area contributed by atoms with Gasteiger partial charge < -0.3 is 10.2 Å². The fraction of sp³-hybridized carbons (Fsp3) is 0.533. The monoisotopic (exact) mass is 278 g/mol. The van der Waals surface area contributed by atoms with Crippen LogP contribution in [0.1, 0.15) is 24.8 Å². The van der Waals surface area contributed by atoms with Gasteiger partial charge in [-0.1, -0.05) is 23.7 Å². The molecule has 1 aromatic rings. The Morgan fingerprint density at radius 3 is 2.95 bits per heavy atom. The number of fused-ring (bicyclic) bond motifs is 2. The average molecular weight is 279 g/mol. The number of rotatable bonds is 3. The predicted molar refractivity (Wildman–Crippen MR) is 76.0 cm³/mol. The summed E-state index contributed by atoms with van der Waals surface area (Å²) in [5, 5.41) is 4.24. The number of amides is 1. The Morgan fingerprint density at radius 1 is 1.47 bits per heavy atom. The van der Waals surface area contributed by atoms with E-state index >= 15 is 0 Å². The molecule has 2 fully saturated rings. The number of benzene rings is 1.